The zero-order chi connectivity index (χ0) is 22.4. The van der Waals surface area contributed by atoms with E-state index in [0.29, 0.717) is 22.9 Å². The van der Waals surface area contributed by atoms with Gasteiger partial charge in [0.25, 0.3) is 0 Å². The van der Waals surface area contributed by atoms with Crippen molar-refractivity contribution in [2.45, 2.75) is 6.54 Å². The van der Waals surface area contributed by atoms with Crippen molar-refractivity contribution in [3.05, 3.63) is 60.7 Å². The topological polar surface area (TPSA) is 93.6 Å². The Kier molecular flexibility index (Phi) is 4.72. The van der Waals surface area contributed by atoms with Crippen LogP contribution in [0.4, 0.5) is 16.0 Å². The highest BCUT2D eigenvalue weighted by Gasteiger charge is 2.20. The van der Waals surface area contributed by atoms with E-state index in [1.807, 2.05) is 30.5 Å². The van der Waals surface area contributed by atoms with E-state index in [2.05, 4.69) is 29.4 Å². The van der Waals surface area contributed by atoms with Crippen molar-refractivity contribution in [1.29, 1.82) is 0 Å². The molecule has 1 fully saturated rings. The fourth-order valence-electron chi connectivity index (χ4n) is 4.43. The maximum Gasteiger partial charge on any atom is 0.225 e. The molecule has 0 unspecified atom stereocenters. The van der Waals surface area contributed by atoms with Crippen LogP contribution in [0.1, 0.15) is 0 Å². The number of hydrogen-bond donors (Lipinski definition) is 1. The highest BCUT2D eigenvalue weighted by molar-refractivity contribution is 5.91. The molecule has 5 aromatic rings. The van der Waals surface area contributed by atoms with Gasteiger partial charge >= 0.3 is 0 Å². The molecule has 4 aromatic heterocycles. The quantitative estimate of drug-likeness (QED) is 0.444. The summed E-state index contributed by atoms with van der Waals surface area (Å²) in [5, 5.41) is 5.34. The van der Waals surface area contributed by atoms with E-state index >= 15 is 0 Å². The molecular formula is C23H23FN8O. The van der Waals surface area contributed by atoms with Crippen LogP contribution in [0.25, 0.3) is 28.3 Å². The Hall–Kier alpha value is -3.92. The van der Waals surface area contributed by atoms with Crippen LogP contribution < -0.4 is 10.6 Å². The lowest BCUT2D eigenvalue weighted by atomic mass is 10.2. The standard InChI is InChI=1S/C23H23FN8O/c24-17-4-1-2-5-18(17)30-12-9-29(10-13-30)11-14-31-8-7-16-21(31)27-23(25)32-22(16)26-20(28-32)19-6-3-15-33-19/h1-8,15H,9-14H2,(H2,25,27). The molecule has 1 aromatic carbocycles. The van der Waals surface area contributed by atoms with Gasteiger partial charge in [0, 0.05) is 45.5 Å². The Labute approximate surface area is 188 Å². The average molecular weight is 446 g/mol. The average Bonchev–Trinajstić information content (AvgIpc) is 3.58. The number of fused-ring (bicyclic) bond motifs is 3. The minimum atomic E-state index is -0.163. The number of nitrogens with two attached hydrogens (primary N) is 1. The molecule has 0 atom stereocenters. The van der Waals surface area contributed by atoms with Crippen molar-refractivity contribution in [1.82, 2.24) is 29.0 Å². The minimum Gasteiger partial charge on any atom is -0.461 e. The Morgan fingerprint density at radius 1 is 0.939 bits per heavy atom. The Balaban J connectivity index is 1.18. The molecule has 10 heteroatoms. The zero-order valence-corrected chi connectivity index (χ0v) is 17.9. The second kappa shape index (κ2) is 7.89. The largest absolute Gasteiger partial charge is 0.461 e. The Bertz CT molecular complexity index is 1420. The fourth-order valence-corrected chi connectivity index (χ4v) is 4.43. The first-order chi connectivity index (χ1) is 16.2. The van der Waals surface area contributed by atoms with Crippen molar-refractivity contribution in [2.24, 2.45) is 0 Å². The number of rotatable bonds is 5. The van der Waals surface area contributed by atoms with Gasteiger partial charge < -0.3 is 19.6 Å². The van der Waals surface area contributed by atoms with Crippen molar-refractivity contribution < 1.29 is 8.81 Å². The van der Waals surface area contributed by atoms with E-state index < -0.39 is 0 Å². The smallest absolute Gasteiger partial charge is 0.225 e. The molecule has 0 bridgehead atoms. The molecule has 5 heterocycles. The van der Waals surface area contributed by atoms with Gasteiger partial charge in [-0.15, -0.1) is 5.10 Å². The SMILES string of the molecule is Nc1nc2c(ccn2CCN2CCN(c3ccccc3F)CC2)c2nc(-c3ccco3)nn12. The summed E-state index contributed by atoms with van der Waals surface area (Å²) < 4.78 is 23.1. The lowest BCUT2D eigenvalue weighted by Gasteiger charge is -2.36. The van der Waals surface area contributed by atoms with Gasteiger partial charge in [0.05, 0.1) is 17.3 Å². The van der Waals surface area contributed by atoms with Gasteiger partial charge in [-0.3, -0.25) is 4.90 Å². The van der Waals surface area contributed by atoms with Crippen LogP contribution in [0, 0.1) is 5.82 Å². The van der Waals surface area contributed by atoms with Crippen molar-refractivity contribution in [3.8, 4) is 11.6 Å². The second-order valence-electron chi connectivity index (χ2n) is 8.14. The molecule has 2 N–H and O–H groups in total. The first kappa shape index (κ1) is 19.7. The molecule has 1 aliphatic heterocycles. The molecule has 0 spiro atoms. The first-order valence-electron chi connectivity index (χ1n) is 10.9. The number of para-hydroxylation sites is 1. The highest BCUT2D eigenvalue weighted by atomic mass is 19.1. The van der Waals surface area contributed by atoms with E-state index in [0.717, 1.165) is 50.3 Å². The van der Waals surface area contributed by atoms with Crippen LogP contribution in [-0.2, 0) is 6.54 Å². The van der Waals surface area contributed by atoms with Gasteiger partial charge in [0.1, 0.15) is 11.5 Å². The van der Waals surface area contributed by atoms with Crippen molar-refractivity contribution in [2.75, 3.05) is 43.4 Å². The molecule has 0 saturated carbocycles. The van der Waals surface area contributed by atoms with Crippen LogP contribution in [0.5, 0.6) is 0 Å². The predicted molar refractivity (Wildman–Crippen MR) is 123 cm³/mol. The van der Waals surface area contributed by atoms with Crippen LogP contribution >= 0.6 is 0 Å². The summed E-state index contributed by atoms with van der Waals surface area (Å²) >= 11 is 0. The van der Waals surface area contributed by atoms with E-state index in [1.165, 1.54) is 6.07 Å². The number of aromatic nitrogens is 5. The second-order valence-corrected chi connectivity index (χ2v) is 8.14. The van der Waals surface area contributed by atoms with Gasteiger partial charge in [-0.1, -0.05) is 12.1 Å². The van der Waals surface area contributed by atoms with Gasteiger partial charge in [0.15, 0.2) is 11.4 Å². The lowest BCUT2D eigenvalue weighted by Crippen LogP contribution is -2.47. The maximum absolute atomic E-state index is 14.1. The van der Waals surface area contributed by atoms with E-state index in [4.69, 9.17) is 10.2 Å². The molecular weight excluding hydrogens is 423 g/mol. The predicted octanol–water partition coefficient (Wildman–Crippen LogP) is 2.88. The number of benzene rings is 1. The van der Waals surface area contributed by atoms with Crippen molar-refractivity contribution in [3.63, 3.8) is 0 Å². The Morgan fingerprint density at radius 2 is 1.79 bits per heavy atom. The number of anilines is 2. The molecule has 0 amide bonds. The third-order valence-electron chi connectivity index (χ3n) is 6.18. The third kappa shape index (κ3) is 3.48. The van der Waals surface area contributed by atoms with Gasteiger partial charge in [-0.25, -0.2) is 9.37 Å². The normalized spacial score (nSPS) is 15.1. The maximum atomic E-state index is 14.1. The number of nitrogen functional groups attached to an aromatic ring is 1. The number of furan rings is 1. The summed E-state index contributed by atoms with van der Waals surface area (Å²) in [6.45, 7) is 4.99. The summed E-state index contributed by atoms with van der Waals surface area (Å²) in [5.41, 5.74) is 8.31. The van der Waals surface area contributed by atoms with Crippen molar-refractivity contribution >= 4 is 28.3 Å². The van der Waals surface area contributed by atoms with Crippen LogP contribution in [0.3, 0.4) is 0 Å². The minimum absolute atomic E-state index is 0.163. The number of nitrogens with zero attached hydrogens (tertiary/aromatic N) is 7. The zero-order valence-electron chi connectivity index (χ0n) is 17.9. The molecule has 168 valence electrons. The van der Waals surface area contributed by atoms with Crippen LogP contribution in [-0.4, -0.2) is 61.8 Å². The summed E-state index contributed by atoms with van der Waals surface area (Å²) in [6.07, 6.45) is 3.60. The molecule has 33 heavy (non-hydrogen) atoms. The fraction of sp³-hybridized carbons (Fsp3) is 0.261. The number of hydrogen-bond acceptors (Lipinski definition) is 7. The monoisotopic (exact) mass is 446 g/mol. The van der Waals surface area contributed by atoms with E-state index in [-0.39, 0.29) is 11.8 Å². The molecule has 1 saturated heterocycles. The number of halogens is 1. The molecule has 9 nitrogen and oxygen atoms in total. The van der Waals surface area contributed by atoms with Gasteiger partial charge in [-0.2, -0.15) is 9.50 Å². The number of piperazine rings is 1. The summed E-state index contributed by atoms with van der Waals surface area (Å²) in [4.78, 5) is 13.7. The van der Waals surface area contributed by atoms with E-state index in [9.17, 15) is 4.39 Å². The summed E-state index contributed by atoms with van der Waals surface area (Å²) in [5.74, 6) is 1.17. The molecule has 1 aliphatic rings. The van der Waals surface area contributed by atoms with Crippen LogP contribution in [0.2, 0.25) is 0 Å². The molecule has 6 rings (SSSR count). The van der Waals surface area contributed by atoms with Gasteiger partial charge in [-0.05, 0) is 30.3 Å². The summed E-state index contributed by atoms with van der Waals surface area (Å²) in [7, 11) is 0. The lowest BCUT2D eigenvalue weighted by molar-refractivity contribution is 0.248. The molecule has 0 aliphatic carbocycles. The molecule has 0 radical (unpaired) electrons. The van der Waals surface area contributed by atoms with E-state index in [1.54, 1.807) is 22.9 Å². The Morgan fingerprint density at radius 3 is 2.58 bits per heavy atom. The van der Waals surface area contributed by atoms with Crippen LogP contribution in [0.15, 0.2) is 59.3 Å². The first-order valence-corrected chi connectivity index (χ1v) is 10.9. The third-order valence-corrected chi connectivity index (χ3v) is 6.18. The summed E-state index contributed by atoms with van der Waals surface area (Å²) in [6, 6.07) is 12.6. The highest BCUT2D eigenvalue weighted by Crippen LogP contribution is 2.25. The van der Waals surface area contributed by atoms with Gasteiger partial charge in [0.2, 0.25) is 11.8 Å².